The molecule has 0 spiro atoms. The SMILES string of the molecule is c1ccc(-c2ccc3c(c2)Oc2cc(-c4ccccc4)ccc2N3c2ccc(-c3cccc4c3Cc3ccccc3-4)c3ccccc23)cc1. The maximum atomic E-state index is 6.80. The van der Waals surface area contributed by atoms with E-state index >= 15 is 0 Å². The number of ether oxygens (including phenoxy) is 1. The Labute approximate surface area is 286 Å². The first-order chi connectivity index (χ1) is 24.3. The van der Waals surface area contributed by atoms with Crippen molar-refractivity contribution in [2.75, 3.05) is 4.90 Å². The zero-order chi connectivity index (χ0) is 32.3. The molecule has 0 N–H and O–H groups in total. The van der Waals surface area contributed by atoms with Crippen molar-refractivity contribution >= 4 is 27.8 Å². The Balaban J connectivity index is 1.17. The van der Waals surface area contributed by atoms with E-state index in [0.29, 0.717) is 0 Å². The molecule has 0 fully saturated rings. The molecule has 1 heterocycles. The van der Waals surface area contributed by atoms with Crippen molar-refractivity contribution in [2.45, 2.75) is 6.42 Å². The minimum absolute atomic E-state index is 0.839. The van der Waals surface area contributed by atoms with Gasteiger partial charge in [-0.2, -0.15) is 0 Å². The van der Waals surface area contributed by atoms with Gasteiger partial charge in [0, 0.05) is 5.39 Å². The monoisotopic (exact) mass is 625 g/mol. The molecule has 0 aromatic heterocycles. The number of hydrogen-bond donors (Lipinski definition) is 0. The molecule has 2 nitrogen and oxygen atoms in total. The van der Waals surface area contributed by atoms with Gasteiger partial charge in [-0.1, -0.05) is 146 Å². The first-order valence-corrected chi connectivity index (χ1v) is 16.9. The van der Waals surface area contributed by atoms with Crippen LogP contribution in [-0.2, 0) is 6.42 Å². The number of anilines is 3. The van der Waals surface area contributed by atoms with E-state index in [-0.39, 0.29) is 0 Å². The smallest absolute Gasteiger partial charge is 0.152 e. The van der Waals surface area contributed by atoms with E-state index in [1.54, 1.807) is 0 Å². The van der Waals surface area contributed by atoms with Gasteiger partial charge in [0.2, 0.25) is 0 Å². The van der Waals surface area contributed by atoms with Gasteiger partial charge in [-0.3, -0.25) is 0 Å². The van der Waals surface area contributed by atoms with Gasteiger partial charge in [-0.05, 0) is 97.8 Å². The molecule has 0 radical (unpaired) electrons. The van der Waals surface area contributed by atoms with Gasteiger partial charge in [-0.15, -0.1) is 0 Å². The summed E-state index contributed by atoms with van der Waals surface area (Å²) in [6.07, 6.45) is 0.954. The van der Waals surface area contributed by atoms with Crippen LogP contribution in [-0.4, -0.2) is 0 Å². The predicted molar refractivity (Wildman–Crippen MR) is 203 cm³/mol. The van der Waals surface area contributed by atoms with Crippen LogP contribution in [0, 0.1) is 0 Å². The predicted octanol–water partition coefficient (Wildman–Crippen LogP) is 13.0. The zero-order valence-corrected chi connectivity index (χ0v) is 26.8. The molecule has 230 valence electrons. The molecule has 1 aliphatic heterocycles. The third kappa shape index (κ3) is 4.49. The fourth-order valence-electron chi connectivity index (χ4n) is 7.81. The Morgan fingerprint density at radius 2 is 0.898 bits per heavy atom. The van der Waals surface area contributed by atoms with Crippen molar-refractivity contribution in [3.63, 3.8) is 0 Å². The summed E-state index contributed by atoms with van der Waals surface area (Å²) in [5.41, 5.74) is 15.8. The van der Waals surface area contributed by atoms with E-state index in [0.717, 1.165) is 57.2 Å². The highest BCUT2D eigenvalue weighted by atomic mass is 16.5. The Kier molecular flexibility index (Phi) is 6.28. The van der Waals surface area contributed by atoms with Gasteiger partial charge in [0.15, 0.2) is 11.5 Å². The summed E-state index contributed by atoms with van der Waals surface area (Å²) >= 11 is 0. The number of hydrogen-bond acceptors (Lipinski definition) is 2. The highest BCUT2D eigenvalue weighted by Gasteiger charge is 2.29. The van der Waals surface area contributed by atoms with Gasteiger partial charge in [-0.25, -0.2) is 0 Å². The van der Waals surface area contributed by atoms with Crippen LogP contribution in [0.2, 0.25) is 0 Å². The Hall–Kier alpha value is -6.38. The van der Waals surface area contributed by atoms with E-state index in [2.05, 4.69) is 181 Å². The highest BCUT2D eigenvalue weighted by molar-refractivity contribution is 6.08. The van der Waals surface area contributed by atoms with E-state index in [4.69, 9.17) is 4.74 Å². The number of benzene rings is 8. The molecule has 0 saturated heterocycles. The first kappa shape index (κ1) is 27.7. The van der Waals surface area contributed by atoms with Gasteiger partial charge in [0.05, 0.1) is 17.1 Å². The fourth-order valence-corrected chi connectivity index (χ4v) is 7.81. The second kappa shape index (κ2) is 11.1. The minimum atomic E-state index is 0.839. The lowest BCUT2D eigenvalue weighted by Gasteiger charge is -2.34. The molecule has 10 rings (SSSR count). The number of rotatable bonds is 4. The molecule has 49 heavy (non-hydrogen) atoms. The van der Waals surface area contributed by atoms with E-state index in [9.17, 15) is 0 Å². The Morgan fingerprint density at radius 3 is 1.57 bits per heavy atom. The topological polar surface area (TPSA) is 12.5 Å². The minimum Gasteiger partial charge on any atom is -0.453 e. The summed E-state index contributed by atoms with van der Waals surface area (Å²) in [6.45, 7) is 0. The summed E-state index contributed by atoms with van der Waals surface area (Å²) in [6, 6.07) is 63.3. The van der Waals surface area contributed by atoms with Crippen molar-refractivity contribution < 1.29 is 4.74 Å². The van der Waals surface area contributed by atoms with Crippen LogP contribution in [0.15, 0.2) is 176 Å². The third-order valence-electron chi connectivity index (χ3n) is 10.1. The van der Waals surface area contributed by atoms with Crippen molar-refractivity contribution in [2.24, 2.45) is 0 Å². The van der Waals surface area contributed by atoms with Crippen LogP contribution in [0.25, 0.3) is 55.3 Å². The van der Waals surface area contributed by atoms with E-state index in [1.165, 1.54) is 44.2 Å². The molecule has 2 heteroatoms. The average molecular weight is 626 g/mol. The Bertz CT molecular complexity index is 2460. The molecule has 0 saturated carbocycles. The van der Waals surface area contributed by atoms with Gasteiger partial charge >= 0.3 is 0 Å². The number of nitrogens with zero attached hydrogens (tertiary/aromatic N) is 1. The van der Waals surface area contributed by atoms with Crippen LogP contribution < -0.4 is 9.64 Å². The Morgan fingerprint density at radius 1 is 0.367 bits per heavy atom. The standard InChI is InChI=1S/C47H31NO/c1-3-12-31(13-4-1)33-22-25-44-46(29-33)49-47-30-34(32-14-5-2-6-15-32)23-26-45(47)48(44)43-27-24-40(38-18-9-10-19-41(38)43)39-21-11-20-37-36-17-8-7-16-35(36)28-42(37)39/h1-27,29-30H,28H2. The highest BCUT2D eigenvalue weighted by Crippen LogP contribution is 2.54. The third-order valence-corrected chi connectivity index (χ3v) is 10.1. The van der Waals surface area contributed by atoms with Crippen LogP contribution in [0.1, 0.15) is 11.1 Å². The molecular weight excluding hydrogens is 595 g/mol. The maximum absolute atomic E-state index is 6.80. The second-order valence-corrected chi connectivity index (χ2v) is 12.9. The van der Waals surface area contributed by atoms with E-state index in [1.807, 2.05) is 0 Å². The molecule has 8 aromatic rings. The normalized spacial score (nSPS) is 12.5. The lowest BCUT2D eigenvalue weighted by Crippen LogP contribution is -2.16. The molecule has 8 aromatic carbocycles. The van der Waals surface area contributed by atoms with Crippen molar-refractivity contribution in [1.82, 2.24) is 0 Å². The lowest BCUT2D eigenvalue weighted by molar-refractivity contribution is 0.477. The largest absolute Gasteiger partial charge is 0.453 e. The molecule has 0 bridgehead atoms. The molecule has 0 atom stereocenters. The van der Waals surface area contributed by atoms with Gasteiger partial charge < -0.3 is 9.64 Å². The van der Waals surface area contributed by atoms with Crippen LogP contribution in [0.4, 0.5) is 17.1 Å². The molecule has 1 aliphatic carbocycles. The van der Waals surface area contributed by atoms with Gasteiger partial charge in [0.1, 0.15) is 0 Å². The molecule has 0 amide bonds. The summed E-state index contributed by atoms with van der Waals surface area (Å²) in [4.78, 5) is 2.38. The average Bonchev–Trinajstić information content (AvgIpc) is 3.56. The van der Waals surface area contributed by atoms with Gasteiger partial charge in [0.25, 0.3) is 0 Å². The summed E-state index contributed by atoms with van der Waals surface area (Å²) in [5, 5.41) is 2.44. The second-order valence-electron chi connectivity index (χ2n) is 12.9. The van der Waals surface area contributed by atoms with Crippen LogP contribution in [0.3, 0.4) is 0 Å². The lowest BCUT2D eigenvalue weighted by atomic mass is 9.91. The van der Waals surface area contributed by atoms with E-state index < -0.39 is 0 Å². The van der Waals surface area contributed by atoms with Crippen LogP contribution in [0.5, 0.6) is 11.5 Å². The molecule has 0 unspecified atom stereocenters. The number of fused-ring (bicyclic) bond motifs is 6. The molecular formula is C47H31NO. The van der Waals surface area contributed by atoms with Crippen LogP contribution >= 0.6 is 0 Å². The fraction of sp³-hybridized carbons (Fsp3) is 0.0213. The summed E-state index contributed by atoms with van der Waals surface area (Å²) in [7, 11) is 0. The zero-order valence-electron chi connectivity index (χ0n) is 26.8. The summed E-state index contributed by atoms with van der Waals surface area (Å²) in [5.74, 6) is 1.68. The maximum Gasteiger partial charge on any atom is 0.152 e. The van der Waals surface area contributed by atoms with Crippen molar-refractivity contribution in [1.29, 1.82) is 0 Å². The first-order valence-electron chi connectivity index (χ1n) is 16.9. The summed E-state index contributed by atoms with van der Waals surface area (Å²) < 4.78 is 6.80. The van der Waals surface area contributed by atoms with Crippen molar-refractivity contribution in [3.8, 4) is 56.0 Å². The molecule has 2 aliphatic rings. The van der Waals surface area contributed by atoms with Crippen molar-refractivity contribution in [3.05, 3.63) is 187 Å². The quantitative estimate of drug-likeness (QED) is 0.193.